The fourth-order valence-corrected chi connectivity index (χ4v) is 3.61. The van der Waals surface area contributed by atoms with Gasteiger partial charge in [-0.3, -0.25) is 4.79 Å². The van der Waals surface area contributed by atoms with Crippen LogP contribution in [0, 0.1) is 11.2 Å². The summed E-state index contributed by atoms with van der Waals surface area (Å²) in [5.74, 6) is -0.170. The minimum Gasteiger partial charge on any atom is -0.379 e. The van der Waals surface area contributed by atoms with E-state index in [0.29, 0.717) is 19.6 Å². The summed E-state index contributed by atoms with van der Waals surface area (Å²) in [5, 5.41) is 0. The van der Waals surface area contributed by atoms with Gasteiger partial charge in [0, 0.05) is 37.2 Å². The zero-order valence-electron chi connectivity index (χ0n) is 13.8. The van der Waals surface area contributed by atoms with Gasteiger partial charge in [0.15, 0.2) is 0 Å². The van der Waals surface area contributed by atoms with Gasteiger partial charge in [-0.1, -0.05) is 13.3 Å². The van der Waals surface area contributed by atoms with Crippen LogP contribution in [0.4, 0.5) is 10.1 Å². The number of carbonyl (C=O) groups is 1. The molecule has 2 aliphatic rings. The maximum absolute atomic E-state index is 13.1. The van der Waals surface area contributed by atoms with Crippen LogP contribution < -0.4 is 4.90 Å². The first-order chi connectivity index (χ1) is 11.1. The molecule has 5 heteroatoms. The second kappa shape index (κ2) is 6.97. The summed E-state index contributed by atoms with van der Waals surface area (Å²) in [6, 6.07) is 6.17. The van der Waals surface area contributed by atoms with Gasteiger partial charge in [-0.15, -0.1) is 0 Å². The molecule has 0 aliphatic carbocycles. The van der Waals surface area contributed by atoms with Crippen molar-refractivity contribution >= 4 is 11.6 Å². The number of halogens is 1. The largest absolute Gasteiger partial charge is 0.379 e. The molecule has 1 aromatic rings. The van der Waals surface area contributed by atoms with E-state index in [4.69, 9.17) is 4.74 Å². The lowest BCUT2D eigenvalue weighted by Crippen LogP contribution is -2.41. The van der Waals surface area contributed by atoms with Crippen LogP contribution in [0.1, 0.15) is 26.2 Å². The maximum Gasteiger partial charge on any atom is 0.227 e. The Bertz CT molecular complexity index is 548. The number of benzene rings is 1. The van der Waals surface area contributed by atoms with Gasteiger partial charge < -0.3 is 14.5 Å². The molecule has 2 heterocycles. The highest BCUT2D eigenvalue weighted by molar-refractivity contribution is 5.96. The Balaban J connectivity index is 1.74. The van der Waals surface area contributed by atoms with Crippen LogP contribution in [0.5, 0.6) is 0 Å². The van der Waals surface area contributed by atoms with Crippen molar-refractivity contribution in [2.24, 2.45) is 5.41 Å². The van der Waals surface area contributed by atoms with Crippen LogP contribution in [0.25, 0.3) is 0 Å². The summed E-state index contributed by atoms with van der Waals surface area (Å²) in [6.07, 6.45) is 2.85. The fraction of sp³-hybridized carbons (Fsp3) is 0.611. The molecule has 0 bridgehead atoms. The van der Waals surface area contributed by atoms with Crippen molar-refractivity contribution in [2.75, 3.05) is 44.3 Å². The molecule has 1 amide bonds. The van der Waals surface area contributed by atoms with Crippen molar-refractivity contribution in [3.63, 3.8) is 0 Å². The molecular weight excluding hydrogens is 295 g/mol. The third-order valence-corrected chi connectivity index (χ3v) is 4.81. The van der Waals surface area contributed by atoms with E-state index in [2.05, 4.69) is 11.8 Å². The van der Waals surface area contributed by atoms with Crippen molar-refractivity contribution in [1.82, 2.24) is 4.90 Å². The first kappa shape index (κ1) is 16.4. The molecule has 2 fully saturated rings. The van der Waals surface area contributed by atoms with Crippen LogP contribution in [0.2, 0.25) is 0 Å². The van der Waals surface area contributed by atoms with Gasteiger partial charge in [0.2, 0.25) is 5.91 Å². The number of hydrogen-bond acceptors (Lipinski definition) is 3. The lowest BCUT2D eigenvalue weighted by atomic mass is 9.87. The first-order valence-corrected chi connectivity index (χ1v) is 8.48. The van der Waals surface area contributed by atoms with Gasteiger partial charge in [-0.2, -0.15) is 0 Å². The van der Waals surface area contributed by atoms with Gasteiger partial charge in [-0.05, 0) is 37.2 Å². The number of nitrogens with zero attached hydrogens (tertiary/aromatic N) is 2. The summed E-state index contributed by atoms with van der Waals surface area (Å²) in [6.45, 7) is 7.10. The van der Waals surface area contributed by atoms with Crippen molar-refractivity contribution in [1.29, 1.82) is 0 Å². The normalized spacial score (nSPS) is 26.0. The van der Waals surface area contributed by atoms with Crippen LogP contribution in [-0.2, 0) is 9.53 Å². The van der Waals surface area contributed by atoms with Crippen molar-refractivity contribution < 1.29 is 13.9 Å². The Labute approximate surface area is 137 Å². The SMILES string of the molecule is CCCCN1CCOCC2(CC(=O)N(c3ccc(F)cc3)C2)C1. The molecule has 1 unspecified atom stereocenters. The molecule has 1 spiro atoms. The molecule has 23 heavy (non-hydrogen) atoms. The second-order valence-corrected chi connectivity index (χ2v) is 6.82. The lowest BCUT2D eigenvalue weighted by molar-refractivity contribution is -0.118. The average Bonchev–Trinajstić information content (AvgIpc) is 2.73. The molecule has 4 nitrogen and oxygen atoms in total. The van der Waals surface area contributed by atoms with E-state index in [0.717, 1.165) is 31.9 Å². The van der Waals surface area contributed by atoms with Crippen molar-refractivity contribution in [3.8, 4) is 0 Å². The summed E-state index contributed by atoms with van der Waals surface area (Å²) >= 11 is 0. The number of anilines is 1. The van der Waals surface area contributed by atoms with E-state index in [-0.39, 0.29) is 17.1 Å². The minimum absolute atomic E-state index is 0.109. The van der Waals surface area contributed by atoms with Gasteiger partial charge in [0.05, 0.1) is 13.2 Å². The standard InChI is InChI=1S/C18H25FN2O2/c1-2-3-8-20-9-10-23-14-18(12-20)11-17(22)21(13-18)16-6-4-15(19)5-7-16/h4-7H,2-3,8-14H2,1H3. The van der Waals surface area contributed by atoms with E-state index in [1.165, 1.54) is 25.0 Å². The summed E-state index contributed by atoms with van der Waals surface area (Å²) in [7, 11) is 0. The fourth-order valence-electron chi connectivity index (χ4n) is 3.61. The number of amides is 1. The van der Waals surface area contributed by atoms with Gasteiger partial charge in [0.1, 0.15) is 5.82 Å². The van der Waals surface area contributed by atoms with E-state index in [1.54, 1.807) is 17.0 Å². The smallest absolute Gasteiger partial charge is 0.227 e. The van der Waals surface area contributed by atoms with Crippen LogP contribution in [-0.4, -0.2) is 50.2 Å². The highest BCUT2D eigenvalue weighted by atomic mass is 19.1. The molecule has 1 atom stereocenters. The Morgan fingerprint density at radius 1 is 1.26 bits per heavy atom. The number of rotatable bonds is 4. The molecule has 2 aliphatic heterocycles. The third-order valence-electron chi connectivity index (χ3n) is 4.81. The van der Waals surface area contributed by atoms with E-state index in [1.807, 2.05) is 0 Å². The molecule has 0 saturated carbocycles. The molecule has 2 saturated heterocycles. The second-order valence-electron chi connectivity index (χ2n) is 6.82. The summed E-state index contributed by atoms with van der Waals surface area (Å²) in [4.78, 5) is 16.7. The van der Waals surface area contributed by atoms with Crippen LogP contribution in [0.3, 0.4) is 0 Å². The predicted molar refractivity (Wildman–Crippen MR) is 88.0 cm³/mol. The number of hydrogen-bond donors (Lipinski definition) is 0. The van der Waals surface area contributed by atoms with E-state index >= 15 is 0 Å². The predicted octanol–water partition coefficient (Wildman–Crippen LogP) is 2.68. The van der Waals surface area contributed by atoms with Gasteiger partial charge in [-0.25, -0.2) is 4.39 Å². The molecular formula is C18H25FN2O2. The summed E-state index contributed by atoms with van der Waals surface area (Å²) < 4.78 is 18.9. The highest BCUT2D eigenvalue weighted by Gasteiger charge is 2.45. The third kappa shape index (κ3) is 3.72. The van der Waals surface area contributed by atoms with Crippen LogP contribution in [0.15, 0.2) is 24.3 Å². The molecule has 126 valence electrons. The quantitative estimate of drug-likeness (QED) is 0.855. The topological polar surface area (TPSA) is 32.8 Å². The average molecular weight is 320 g/mol. The Hall–Kier alpha value is -1.46. The van der Waals surface area contributed by atoms with Crippen molar-refractivity contribution in [3.05, 3.63) is 30.1 Å². The molecule has 1 aromatic carbocycles. The molecule has 3 rings (SSSR count). The minimum atomic E-state index is -0.279. The number of carbonyl (C=O) groups excluding carboxylic acids is 1. The van der Waals surface area contributed by atoms with Crippen molar-refractivity contribution in [2.45, 2.75) is 26.2 Å². The Kier molecular flexibility index (Phi) is 4.97. The van der Waals surface area contributed by atoms with Gasteiger partial charge >= 0.3 is 0 Å². The Morgan fingerprint density at radius 2 is 2.04 bits per heavy atom. The molecule has 0 N–H and O–H groups in total. The van der Waals surface area contributed by atoms with Crippen LogP contribution >= 0.6 is 0 Å². The highest BCUT2D eigenvalue weighted by Crippen LogP contribution is 2.36. The number of unbranched alkanes of at least 4 members (excludes halogenated alkanes) is 1. The van der Waals surface area contributed by atoms with Gasteiger partial charge in [0.25, 0.3) is 0 Å². The first-order valence-electron chi connectivity index (χ1n) is 8.48. The number of ether oxygens (including phenoxy) is 1. The monoisotopic (exact) mass is 320 g/mol. The molecule has 0 radical (unpaired) electrons. The molecule has 0 aromatic heterocycles. The zero-order chi connectivity index (χ0) is 16.3. The lowest BCUT2D eigenvalue weighted by Gasteiger charge is -2.31. The maximum atomic E-state index is 13.1. The van der Waals surface area contributed by atoms with E-state index < -0.39 is 0 Å². The zero-order valence-corrected chi connectivity index (χ0v) is 13.8. The Morgan fingerprint density at radius 3 is 2.78 bits per heavy atom. The van der Waals surface area contributed by atoms with E-state index in [9.17, 15) is 9.18 Å². The summed E-state index contributed by atoms with van der Waals surface area (Å²) in [5.41, 5.74) is 0.632.